The van der Waals surface area contributed by atoms with Gasteiger partial charge in [0.1, 0.15) is 17.4 Å². The lowest BCUT2D eigenvalue weighted by Crippen LogP contribution is -2.00. The number of nitrogens with one attached hydrogen (secondary N) is 2. The summed E-state index contributed by atoms with van der Waals surface area (Å²) < 4.78 is 6.03. The summed E-state index contributed by atoms with van der Waals surface area (Å²) in [7, 11) is 1.52. The van der Waals surface area contributed by atoms with E-state index in [1.165, 1.54) is 13.3 Å². The molecule has 2 aromatic rings. The average Bonchev–Trinajstić information content (AvgIpc) is 3.02. The normalized spacial score (nSPS) is 11.0. The van der Waals surface area contributed by atoms with E-state index < -0.39 is 0 Å². The number of aliphatic hydroxyl groups excluding tert-OH is 1. The summed E-state index contributed by atoms with van der Waals surface area (Å²) in [6.07, 6.45) is 1.43. The number of nitriles is 1. The van der Waals surface area contributed by atoms with Crippen molar-refractivity contribution in [2.24, 2.45) is 0 Å². The molecule has 2 rings (SSSR count). The van der Waals surface area contributed by atoms with Gasteiger partial charge < -0.3 is 15.2 Å². The molecule has 0 aliphatic rings. The van der Waals surface area contributed by atoms with E-state index in [4.69, 9.17) is 10.00 Å². The predicted molar refractivity (Wildman–Crippen MR) is 78.0 cm³/mol. The Morgan fingerprint density at radius 2 is 2.43 bits per heavy atom. The van der Waals surface area contributed by atoms with E-state index in [1.54, 1.807) is 12.1 Å². The van der Waals surface area contributed by atoms with Gasteiger partial charge in [-0.3, -0.25) is 0 Å². The number of rotatable bonds is 5. The van der Waals surface area contributed by atoms with Crippen molar-refractivity contribution in [2.75, 3.05) is 12.4 Å². The molecule has 0 saturated carbocycles. The van der Waals surface area contributed by atoms with Gasteiger partial charge in [0.05, 0.1) is 19.4 Å². The number of tetrazole rings is 1. The van der Waals surface area contributed by atoms with Crippen LogP contribution in [0.3, 0.4) is 0 Å². The van der Waals surface area contributed by atoms with Crippen LogP contribution in [0.2, 0.25) is 0 Å². The molecule has 0 fully saturated rings. The maximum Gasteiger partial charge on any atom is 0.216 e. The highest BCUT2D eigenvalue weighted by atomic mass is 79.9. The number of aromatic nitrogens is 4. The van der Waals surface area contributed by atoms with Crippen LogP contribution >= 0.6 is 15.9 Å². The van der Waals surface area contributed by atoms with Gasteiger partial charge in [-0.25, -0.2) is 0 Å². The Kier molecular flexibility index (Phi) is 4.86. The Bertz CT molecular complexity index is 667. The Labute approximate surface area is 128 Å². The topological polar surface area (TPSA) is 120 Å². The smallest absolute Gasteiger partial charge is 0.216 e. The summed E-state index contributed by atoms with van der Waals surface area (Å²) in [5.41, 5.74) is 1.36. The second-order valence-electron chi connectivity index (χ2n) is 3.85. The van der Waals surface area contributed by atoms with E-state index >= 15 is 0 Å². The Morgan fingerprint density at radius 1 is 1.62 bits per heavy atom. The van der Waals surface area contributed by atoms with Crippen molar-refractivity contribution in [3.8, 4) is 11.8 Å². The molecular weight excluding hydrogens is 340 g/mol. The summed E-state index contributed by atoms with van der Waals surface area (Å²) in [6.45, 7) is -0.184. The number of hydrogen-bond acceptors (Lipinski definition) is 7. The third-order valence-corrected chi connectivity index (χ3v) is 3.06. The minimum atomic E-state index is -0.184. The summed E-state index contributed by atoms with van der Waals surface area (Å²) in [6, 6.07) is 5.46. The molecule has 1 heterocycles. The molecule has 0 atom stereocenters. The lowest BCUT2D eigenvalue weighted by Gasteiger charge is -2.13. The fourth-order valence-electron chi connectivity index (χ4n) is 1.65. The van der Waals surface area contributed by atoms with Crippen molar-refractivity contribution in [1.29, 1.82) is 5.26 Å². The van der Waals surface area contributed by atoms with Crippen LogP contribution in [0, 0.1) is 11.3 Å². The van der Waals surface area contributed by atoms with Crippen LogP contribution in [0.25, 0.3) is 5.57 Å². The molecular formula is C12H11BrN6O2. The minimum absolute atomic E-state index is 0.173. The van der Waals surface area contributed by atoms with Crippen LogP contribution in [0.1, 0.15) is 11.4 Å². The number of aliphatic hydroxyl groups is 1. The van der Waals surface area contributed by atoms with Gasteiger partial charge in [0.2, 0.25) is 5.82 Å². The van der Waals surface area contributed by atoms with Gasteiger partial charge in [-0.2, -0.15) is 10.5 Å². The molecule has 0 unspecified atom stereocenters. The molecule has 0 spiro atoms. The molecule has 0 aliphatic carbocycles. The molecule has 1 aromatic carbocycles. The summed E-state index contributed by atoms with van der Waals surface area (Å²) >= 11 is 3.33. The zero-order chi connectivity index (χ0) is 15.2. The molecule has 0 bridgehead atoms. The van der Waals surface area contributed by atoms with Crippen LogP contribution in [-0.2, 0) is 6.61 Å². The number of halogens is 1. The van der Waals surface area contributed by atoms with Crippen molar-refractivity contribution in [3.05, 3.63) is 34.2 Å². The molecule has 21 heavy (non-hydrogen) atoms. The number of nitrogens with zero attached hydrogens (tertiary/aromatic N) is 4. The molecule has 108 valence electrons. The SMILES string of the molecule is COc1cc(Br)cc(CO)c1NC=C(C#N)c1nn[nH]n1. The van der Waals surface area contributed by atoms with Crippen LogP contribution in [0.4, 0.5) is 5.69 Å². The maximum absolute atomic E-state index is 9.43. The molecule has 1 aromatic heterocycles. The number of methoxy groups -OCH3 is 1. The highest BCUT2D eigenvalue weighted by Gasteiger charge is 2.11. The highest BCUT2D eigenvalue weighted by molar-refractivity contribution is 9.10. The maximum atomic E-state index is 9.43. The number of allylic oxidation sites excluding steroid dienone is 1. The van der Waals surface area contributed by atoms with Crippen molar-refractivity contribution < 1.29 is 9.84 Å². The van der Waals surface area contributed by atoms with E-state index in [-0.39, 0.29) is 18.0 Å². The minimum Gasteiger partial charge on any atom is -0.495 e. The largest absolute Gasteiger partial charge is 0.495 e. The Hall–Kier alpha value is -2.44. The summed E-state index contributed by atoms with van der Waals surface area (Å²) in [4.78, 5) is 0. The second kappa shape index (κ2) is 6.83. The number of ether oxygens (including phenoxy) is 1. The van der Waals surface area contributed by atoms with E-state index in [2.05, 4.69) is 41.9 Å². The van der Waals surface area contributed by atoms with Gasteiger partial charge >= 0.3 is 0 Å². The lowest BCUT2D eigenvalue weighted by atomic mass is 10.1. The zero-order valence-corrected chi connectivity index (χ0v) is 12.5. The monoisotopic (exact) mass is 350 g/mol. The number of aromatic amines is 1. The van der Waals surface area contributed by atoms with Gasteiger partial charge in [0.15, 0.2) is 0 Å². The first kappa shape index (κ1) is 15.0. The van der Waals surface area contributed by atoms with Crippen LogP contribution in [-0.4, -0.2) is 32.8 Å². The molecule has 0 radical (unpaired) electrons. The lowest BCUT2D eigenvalue weighted by molar-refractivity contribution is 0.281. The first-order chi connectivity index (χ1) is 10.2. The van der Waals surface area contributed by atoms with Gasteiger partial charge in [0.25, 0.3) is 0 Å². The van der Waals surface area contributed by atoms with E-state index in [0.29, 0.717) is 17.0 Å². The van der Waals surface area contributed by atoms with Crippen LogP contribution in [0.5, 0.6) is 5.75 Å². The fourth-order valence-corrected chi connectivity index (χ4v) is 2.14. The molecule has 9 heteroatoms. The van der Waals surface area contributed by atoms with Crippen molar-refractivity contribution in [2.45, 2.75) is 6.61 Å². The highest BCUT2D eigenvalue weighted by Crippen LogP contribution is 2.33. The first-order valence-electron chi connectivity index (χ1n) is 5.77. The summed E-state index contributed by atoms with van der Waals surface area (Å²) in [5, 5.41) is 34.6. The molecule has 0 aliphatic heterocycles. The first-order valence-corrected chi connectivity index (χ1v) is 6.56. The van der Waals surface area contributed by atoms with Gasteiger partial charge in [0, 0.05) is 16.2 Å². The number of hydrogen-bond donors (Lipinski definition) is 3. The number of H-pyrrole nitrogens is 1. The standard InChI is InChI=1S/C12H11BrN6O2/c1-21-10-3-9(13)2-7(6-20)11(10)15-5-8(4-14)12-16-18-19-17-12/h2-3,5,15,20H,6H2,1H3,(H,16,17,18,19). The Morgan fingerprint density at radius 3 is 3.00 bits per heavy atom. The molecule has 0 amide bonds. The van der Waals surface area contributed by atoms with Gasteiger partial charge in [-0.15, -0.1) is 10.2 Å². The van der Waals surface area contributed by atoms with E-state index in [0.717, 1.165) is 4.47 Å². The molecule has 8 nitrogen and oxygen atoms in total. The fraction of sp³-hybridized carbons (Fsp3) is 0.167. The Balaban J connectivity index is 2.37. The summed E-state index contributed by atoms with van der Waals surface area (Å²) in [5.74, 6) is 0.696. The van der Waals surface area contributed by atoms with Crippen molar-refractivity contribution in [3.63, 3.8) is 0 Å². The second-order valence-corrected chi connectivity index (χ2v) is 4.77. The van der Waals surface area contributed by atoms with Crippen molar-refractivity contribution >= 4 is 27.2 Å². The third kappa shape index (κ3) is 3.36. The third-order valence-electron chi connectivity index (χ3n) is 2.61. The zero-order valence-electron chi connectivity index (χ0n) is 11.0. The number of anilines is 1. The van der Waals surface area contributed by atoms with Gasteiger partial charge in [-0.1, -0.05) is 15.9 Å². The van der Waals surface area contributed by atoms with Crippen LogP contribution < -0.4 is 10.1 Å². The van der Waals surface area contributed by atoms with Crippen molar-refractivity contribution in [1.82, 2.24) is 20.6 Å². The average molecular weight is 351 g/mol. The quantitative estimate of drug-likeness (QED) is 0.697. The van der Waals surface area contributed by atoms with E-state index in [1.807, 2.05) is 6.07 Å². The molecule has 3 N–H and O–H groups in total. The van der Waals surface area contributed by atoms with Crippen LogP contribution in [0.15, 0.2) is 22.8 Å². The predicted octanol–water partition coefficient (Wildman–Crippen LogP) is 1.44. The van der Waals surface area contributed by atoms with Gasteiger partial charge in [-0.05, 0) is 17.3 Å². The number of benzene rings is 1. The molecule has 0 saturated heterocycles. The van der Waals surface area contributed by atoms with E-state index in [9.17, 15) is 5.11 Å².